The van der Waals surface area contributed by atoms with E-state index in [1.807, 2.05) is 0 Å². The van der Waals surface area contributed by atoms with Gasteiger partial charge in [-0.3, -0.25) is 4.90 Å². The predicted octanol–water partition coefficient (Wildman–Crippen LogP) is 3.30. The van der Waals surface area contributed by atoms with Gasteiger partial charge in [-0.25, -0.2) is 8.78 Å². The van der Waals surface area contributed by atoms with Crippen LogP contribution in [0, 0.1) is 5.92 Å². The Morgan fingerprint density at radius 1 is 1.39 bits per heavy atom. The molecule has 2 atom stereocenters. The Morgan fingerprint density at radius 2 is 2.11 bits per heavy atom. The summed E-state index contributed by atoms with van der Waals surface area (Å²) in [6, 6.07) is 0. The largest absolute Gasteiger partial charge is 0.369 e. The molecule has 0 amide bonds. The normalized spacial score (nSPS) is 35.8. The fourth-order valence-corrected chi connectivity index (χ4v) is 3.54. The molecule has 2 aliphatic rings. The van der Waals surface area contributed by atoms with Crippen molar-refractivity contribution in [3.05, 3.63) is 0 Å². The third-order valence-corrected chi connectivity index (χ3v) is 4.47. The summed E-state index contributed by atoms with van der Waals surface area (Å²) < 4.78 is 32.3. The molecule has 0 spiro atoms. The Balaban J connectivity index is 1.89. The van der Waals surface area contributed by atoms with Gasteiger partial charge in [0.15, 0.2) is 0 Å². The highest BCUT2D eigenvalue weighted by atomic mass is 79.9. The number of halogens is 3. The Morgan fingerprint density at radius 3 is 2.67 bits per heavy atom. The van der Waals surface area contributed by atoms with Crippen molar-refractivity contribution in [2.75, 3.05) is 25.0 Å². The SMILES string of the molecule is CC1(C)CN(CC2CCC(F)(F)C2)CC(CBr)O1. The monoisotopic (exact) mass is 325 g/mol. The smallest absolute Gasteiger partial charge is 0.248 e. The van der Waals surface area contributed by atoms with E-state index in [1.54, 1.807) is 0 Å². The molecule has 1 aliphatic carbocycles. The van der Waals surface area contributed by atoms with Crippen LogP contribution in [0.2, 0.25) is 0 Å². The molecule has 2 rings (SSSR count). The maximum absolute atomic E-state index is 13.2. The molecule has 0 N–H and O–H groups in total. The topological polar surface area (TPSA) is 12.5 Å². The molecular weight excluding hydrogens is 304 g/mol. The standard InChI is InChI=1S/C13H22BrF2NO/c1-12(2)9-17(8-11(6-14)18-12)7-10-3-4-13(15,16)5-10/h10-11H,3-9H2,1-2H3. The van der Waals surface area contributed by atoms with Gasteiger partial charge in [-0.2, -0.15) is 0 Å². The Hall–Kier alpha value is 0.260. The molecule has 2 fully saturated rings. The summed E-state index contributed by atoms with van der Waals surface area (Å²) in [6.45, 7) is 6.59. The van der Waals surface area contributed by atoms with Gasteiger partial charge in [0.1, 0.15) is 0 Å². The first-order valence-electron chi connectivity index (χ1n) is 6.64. The highest BCUT2D eigenvalue weighted by Gasteiger charge is 2.41. The first kappa shape index (κ1) is 14.7. The third kappa shape index (κ3) is 3.87. The average Bonchev–Trinajstić information content (AvgIpc) is 2.55. The van der Waals surface area contributed by atoms with Gasteiger partial charge in [0.25, 0.3) is 0 Å². The summed E-state index contributed by atoms with van der Waals surface area (Å²) in [5.74, 6) is -2.29. The molecule has 1 heterocycles. The molecule has 1 aliphatic heterocycles. The van der Waals surface area contributed by atoms with Crippen LogP contribution in [0.3, 0.4) is 0 Å². The second-order valence-corrected chi connectivity index (χ2v) is 6.96. The third-order valence-electron chi connectivity index (χ3n) is 3.75. The molecule has 2 nitrogen and oxygen atoms in total. The quantitative estimate of drug-likeness (QED) is 0.738. The summed E-state index contributed by atoms with van der Waals surface area (Å²) in [5.41, 5.74) is -0.183. The predicted molar refractivity (Wildman–Crippen MR) is 71.5 cm³/mol. The highest BCUT2D eigenvalue weighted by molar-refractivity contribution is 9.09. The maximum Gasteiger partial charge on any atom is 0.248 e. The number of alkyl halides is 3. The summed E-state index contributed by atoms with van der Waals surface area (Å²) in [4.78, 5) is 2.29. The fraction of sp³-hybridized carbons (Fsp3) is 1.00. The zero-order chi connectivity index (χ0) is 13.4. The molecule has 0 bridgehead atoms. The van der Waals surface area contributed by atoms with Crippen LogP contribution in [0.1, 0.15) is 33.1 Å². The summed E-state index contributed by atoms with van der Waals surface area (Å²) in [5, 5.41) is 0.799. The number of hydrogen-bond donors (Lipinski definition) is 0. The molecule has 5 heteroatoms. The van der Waals surface area contributed by atoms with Crippen LogP contribution >= 0.6 is 15.9 Å². The molecule has 0 radical (unpaired) electrons. The van der Waals surface area contributed by atoms with Gasteiger partial charge in [-0.1, -0.05) is 15.9 Å². The van der Waals surface area contributed by atoms with Crippen molar-refractivity contribution < 1.29 is 13.5 Å². The van der Waals surface area contributed by atoms with Gasteiger partial charge in [0.2, 0.25) is 5.92 Å². The maximum atomic E-state index is 13.2. The molecule has 0 aromatic heterocycles. The lowest BCUT2D eigenvalue weighted by Crippen LogP contribution is -2.54. The first-order chi connectivity index (χ1) is 8.30. The number of morpholine rings is 1. The van der Waals surface area contributed by atoms with E-state index in [4.69, 9.17) is 4.74 Å². The van der Waals surface area contributed by atoms with Crippen LogP contribution in [0.15, 0.2) is 0 Å². The number of rotatable bonds is 3. The van der Waals surface area contributed by atoms with Crippen molar-refractivity contribution in [2.24, 2.45) is 5.92 Å². The van der Waals surface area contributed by atoms with Gasteiger partial charge in [-0.05, 0) is 26.2 Å². The minimum absolute atomic E-state index is 0.0593. The van der Waals surface area contributed by atoms with E-state index in [1.165, 1.54) is 0 Å². The van der Waals surface area contributed by atoms with Crippen molar-refractivity contribution in [3.8, 4) is 0 Å². The highest BCUT2D eigenvalue weighted by Crippen LogP contribution is 2.39. The van der Waals surface area contributed by atoms with Crippen molar-refractivity contribution in [3.63, 3.8) is 0 Å². The molecule has 2 unspecified atom stereocenters. The van der Waals surface area contributed by atoms with Crippen LogP contribution in [0.5, 0.6) is 0 Å². The van der Waals surface area contributed by atoms with E-state index in [0.717, 1.165) is 25.0 Å². The lowest BCUT2D eigenvalue weighted by molar-refractivity contribution is -0.129. The van der Waals surface area contributed by atoms with Gasteiger partial charge in [0, 0.05) is 37.8 Å². The van der Waals surface area contributed by atoms with Crippen LogP contribution in [-0.2, 0) is 4.74 Å². The minimum Gasteiger partial charge on any atom is -0.369 e. The average molecular weight is 326 g/mol. The van der Waals surface area contributed by atoms with Crippen molar-refractivity contribution in [1.82, 2.24) is 4.90 Å². The van der Waals surface area contributed by atoms with Crippen LogP contribution in [-0.4, -0.2) is 47.5 Å². The van der Waals surface area contributed by atoms with Gasteiger partial charge in [0.05, 0.1) is 11.7 Å². The molecule has 18 heavy (non-hydrogen) atoms. The minimum atomic E-state index is -2.43. The van der Waals surface area contributed by atoms with E-state index in [2.05, 4.69) is 34.7 Å². The van der Waals surface area contributed by atoms with Crippen molar-refractivity contribution in [1.29, 1.82) is 0 Å². The first-order valence-corrected chi connectivity index (χ1v) is 7.76. The zero-order valence-electron chi connectivity index (χ0n) is 11.1. The summed E-state index contributed by atoms with van der Waals surface area (Å²) >= 11 is 3.45. The van der Waals surface area contributed by atoms with Crippen molar-refractivity contribution in [2.45, 2.75) is 50.7 Å². The van der Waals surface area contributed by atoms with E-state index >= 15 is 0 Å². The van der Waals surface area contributed by atoms with Crippen LogP contribution < -0.4 is 0 Å². The lowest BCUT2D eigenvalue weighted by Gasteiger charge is -2.43. The van der Waals surface area contributed by atoms with E-state index in [0.29, 0.717) is 6.42 Å². The second-order valence-electron chi connectivity index (χ2n) is 6.31. The lowest BCUT2D eigenvalue weighted by atomic mass is 10.0. The zero-order valence-corrected chi connectivity index (χ0v) is 12.7. The second kappa shape index (κ2) is 5.33. The van der Waals surface area contributed by atoms with E-state index in [-0.39, 0.29) is 30.5 Å². The van der Waals surface area contributed by atoms with E-state index in [9.17, 15) is 8.78 Å². The number of ether oxygens (including phenoxy) is 1. The number of nitrogens with zero attached hydrogens (tertiary/aromatic N) is 1. The van der Waals surface area contributed by atoms with Gasteiger partial charge in [-0.15, -0.1) is 0 Å². The van der Waals surface area contributed by atoms with E-state index < -0.39 is 5.92 Å². The fourth-order valence-electron chi connectivity index (χ4n) is 3.20. The molecular formula is C13H22BrF2NO. The molecule has 1 saturated carbocycles. The summed E-state index contributed by atoms with van der Waals surface area (Å²) in [7, 11) is 0. The summed E-state index contributed by atoms with van der Waals surface area (Å²) in [6.07, 6.45) is 0.941. The molecule has 1 saturated heterocycles. The molecule has 0 aromatic rings. The Kier molecular flexibility index (Phi) is 4.34. The Bertz CT molecular complexity index is 299. The van der Waals surface area contributed by atoms with Crippen LogP contribution in [0.25, 0.3) is 0 Å². The van der Waals surface area contributed by atoms with Gasteiger partial charge < -0.3 is 4.74 Å². The molecule has 0 aromatic carbocycles. The van der Waals surface area contributed by atoms with Crippen molar-refractivity contribution >= 4 is 15.9 Å². The molecule has 106 valence electrons. The van der Waals surface area contributed by atoms with Gasteiger partial charge >= 0.3 is 0 Å². The van der Waals surface area contributed by atoms with Crippen LogP contribution in [0.4, 0.5) is 8.78 Å². The Labute approximate surface area is 116 Å². The number of hydrogen-bond acceptors (Lipinski definition) is 2.